The molecule has 0 aromatic rings. The molecule has 1 atom stereocenters. The van der Waals surface area contributed by atoms with Crippen molar-refractivity contribution in [3.63, 3.8) is 0 Å². The summed E-state index contributed by atoms with van der Waals surface area (Å²) in [5, 5.41) is 8.64. The molecule has 0 aromatic carbocycles. The lowest BCUT2D eigenvalue weighted by Crippen LogP contribution is -2.49. The fourth-order valence-electron chi connectivity index (χ4n) is 4.54. The van der Waals surface area contributed by atoms with E-state index >= 15 is 0 Å². The van der Waals surface area contributed by atoms with E-state index in [1.165, 1.54) is 32.1 Å². The van der Waals surface area contributed by atoms with Gasteiger partial charge in [0.1, 0.15) is 0 Å². The Hall–Kier alpha value is -0.590. The summed E-state index contributed by atoms with van der Waals surface area (Å²) in [5.74, 6) is 3.62. The third-order valence-electron chi connectivity index (χ3n) is 5.05. The molecule has 4 bridgehead atoms. The Kier molecular flexibility index (Phi) is 3.10. The maximum atomic E-state index is 8.64. The van der Waals surface area contributed by atoms with Crippen LogP contribution in [0.15, 0.2) is 0 Å². The Labute approximate surface area is 103 Å². The van der Waals surface area contributed by atoms with Crippen molar-refractivity contribution < 1.29 is 4.74 Å². The van der Waals surface area contributed by atoms with Gasteiger partial charge in [0.2, 0.25) is 0 Å². The number of hydrogen-bond acceptors (Lipinski definition) is 3. The van der Waals surface area contributed by atoms with Gasteiger partial charge in [0.05, 0.1) is 18.2 Å². The van der Waals surface area contributed by atoms with Crippen molar-refractivity contribution in [2.75, 3.05) is 6.61 Å². The van der Waals surface area contributed by atoms with E-state index in [1.807, 2.05) is 0 Å². The second kappa shape index (κ2) is 4.59. The van der Waals surface area contributed by atoms with Crippen LogP contribution < -0.4 is 5.73 Å². The van der Waals surface area contributed by atoms with Gasteiger partial charge in [0.25, 0.3) is 0 Å². The quantitative estimate of drug-likeness (QED) is 0.810. The topological polar surface area (TPSA) is 59.0 Å². The van der Waals surface area contributed by atoms with Crippen LogP contribution in [0.5, 0.6) is 0 Å². The molecular formula is C14H22N2O. The molecule has 0 spiro atoms. The number of nitriles is 1. The average molecular weight is 234 g/mol. The van der Waals surface area contributed by atoms with E-state index in [0.717, 1.165) is 23.7 Å². The molecule has 0 aromatic heterocycles. The van der Waals surface area contributed by atoms with Gasteiger partial charge in [0, 0.05) is 6.61 Å². The first-order chi connectivity index (χ1) is 8.26. The Morgan fingerprint density at radius 1 is 1.12 bits per heavy atom. The van der Waals surface area contributed by atoms with Gasteiger partial charge < -0.3 is 10.5 Å². The van der Waals surface area contributed by atoms with Crippen molar-refractivity contribution in [2.24, 2.45) is 29.4 Å². The summed E-state index contributed by atoms with van der Waals surface area (Å²) in [6.45, 7) is 0.668. The third-order valence-corrected chi connectivity index (χ3v) is 5.05. The fraction of sp³-hybridized carbons (Fsp3) is 0.929. The lowest BCUT2D eigenvalue weighted by molar-refractivity contribution is -0.126. The van der Waals surface area contributed by atoms with E-state index in [2.05, 4.69) is 6.07 Å². The number of ether oxygens (including phenoxy) is 1. The van der Waals surface area contributed by atoms with Gasteiger partial charge in [-0.2, -0.15) is 5.26 Å². The van der Waals surface area contributed by atoms with E-state index in [4.69, 9.17) is 15.7 Å². The van der Waals surface area contributed by atoms with E-state index in [-0.39, 0.29) is 6.04 Å². The van der Waals surface area contributed by atoms with Crippen molar-refractivity contribution in [1.82, 2.24) is 0 Å². The summed E-state index contributed by atoms with van der Waals surface area (Å²) < 4.78 is 6.06. The molecular weight excluding hydrogens is 212 g/mol. The first-order valence-electron chi connectivity index (χ1n) is 7.03. The van der Waals surface area contributed by atoms with Gasteiger partial charge in [-0.3, -0.25) is 0 Å². The second-order valence-corrected chi connectivity index (χ2v) is 6.29. The second-order valence-electron chi connectivity index (χ2n) is 6.29. The van der Waals surface area contributed by atoms with Crippen LogP contribution in [0.2, 0.25) is 0 Å². The van der Waals surface area contributed by atoms with Crippen molar-refractivity contribution in [1.29, 1.82) is 5.26 Å². The summed E-state index contributed by atoms with van der Waals surface area (Å²) in [6.07, 6.45) is 8.21. The largest absolute Gasteiger partial charge is 0.378 e. The minimum absolute atomic E-state index is 0.355. The van der Waals surface area contributed by atoms with Crippen LogP contribution in [0.4, 0.5) is 0 Å². The molecule has 17 heavy (non-hydrogen) atoms. The highest BCUT2D eigenvalue weighted by molar-refractivity contribution is 4.99. The Morgan fingerprint density at radius 3 is 2.24 bits per heavy atom. The summed E-state index contributed by atoms with van der Waals surface area (Å²) in [5.41, 5.74) is 5.59. The van der Waals surface area contributed by atoms with Crippen LogP contribution in [-0.4, -0.2) is 18.8 Å². The molecule has 0 saturated heterocycles. The number of nitrogens with two attached hydrogens (primary N) is 1. The van der Waals surface area contributed by atoms with Crippen LogP contribution in [0.1, 0.15) is 38.5 Å². The highest BCUT2D eigenvalue weighted by Gasteiger charge is 2.48. The summed E-state index contributed by atoms with van der Waals surface area (Å²) in [4.78, 5) is 0. The predicted octanol–water partition coefficient (Wildman–Crippen LogP) is 2.07. The zero-order valence-electron chi connectivity index (χ0n) is 10.3. The zero-order valence-corrected chi connectivity index (χ0v) is 10.3. The lowest BCUT2D eigenvalue weighted by Gasteiger charge is -2.54. The standard InChI is InChI=1S/C14H22N2O/c15-8-13(16)1-2-17-14-11-4-9-3-10(6-11)7-12(14)5-9/h9-14H,1-7,16H2. The Morgan fingerprint density at radius 2 is 1.71 bits per heavy atom. The molecule has 4 saturated carbocycles. The molecule has 4 rings (SSSR count). The first-order valence-corrected chi connectivity index (χ1v) is 7.03. The Balaban J connectivity index is 1.53. The minimum Gasteiger partial charge on any atom is -0.378 e. The Bertz CT molecular complexity index is 295. The molecule has 0 heterocycles. The van der Waals surface area contributed by atoms with Gasteiger partial charge in [-0.05, 0) is 62.2 Å². The van der Waals surface area contributed by atoms with Crippen molar-refractivity contribution in [3.05, 3.63) is 0 Å². The highest BCUT2D eigenvalue weighted by atomic mass is 16.5. The highest BCUT2D eigenvalue weighted by Crippen LogP contribution is 2.54. The molecule has 1 unspecified atom stereocenters. The van der Waals surface area contributed by atoms with E-state index in [0.29, 0.717) is 19.1 Å². The van der Waals surface area contributed by atoms with Crippen molar-refractivity contribution in [2.45, 2.75) is 50.7 Å². The zero-order chi connectivity index (χ0) is 11.8. The molecule has 2 N–H and O–H groups in total. The molecule has 3 heteroatoms. The number of nitrogens with zero attached hydrogens (tertiary/aromatic N) is 1. The summed E-state index contributed by atoms with van der Waals surface area (Å²) >= 11 is 0. The van der Waals surface area contributed by atoms with E-state index in [9.17, 15) is 0 Å². The van der Waals surface area contributed by atoms with Crippen LogP contribution >= 0.6 is 0 Å². The normalized spacial score (nSPS) is 44.6. The first kappa shape index (κ1) is 11.5. The maximum Gasteiger partial charge on any atom is 0.0950 e. The molecule has 4 aliphatic carbocycles. The van der Waals surface area contributed by atoms with E-state index < -0.39 is 0 Å². The predicted molar refractivity (Wildman–Crippen MR) is 65.0 cm³/mol. The van der Waals surface area contributed by atoms with Crippen LogP contribution in [0.3, 0.4) is 0 Å². The fourth-order valence-corrected chi connectivity index (χ4v) is 4.54. The van der Waals surface area contributed by atoms with Gasteiger partial charge in [-0.25, -0.2) is 0 Å². The minimum atomic E-state index is -0.355. The number of hydrogen-bond donors (Lipinski definition) is 1. The van der Waals surface area contributed by atoms with Crippen LogP contribution in [0, 0.1) is 35.0 Å². The number of rotatable bonds is 4. The summed E-state index contributed by atoms with van der Waals surface area (Å²) in [7, 11) is 0. The molecule has 0 amide bonds. The smallest absolute Gasteiger partial charge is 0.0950 e. The van der Waals surface area contributed by atoms with Gasteiger partial charge in [0.15, 0.2) is 0 Å². The SMILES string of the molecule is N#CC(N)CCOC1C2CC3CC(C2)CC1C3. The van der Waals surface area contributed by atoms with Crippen molar-refractivity contribution >= 4 is 0 Å². The molecule has 94 valence electrons. The molecule has 0 radical (unpaired) electrons. The summed E-state index contributed by atoms with van der Waals surface area (Å²) in [6, 6.07) is 1.71. The molecule has 4 fully saturated rings. The average Bonchev–Trinajstić information content (AvgIpc) is 2.31. The third kappa shape index (κ3) is 2.21. The monoisotopic (exact) mass is 234 g/mol. The maximum absolute atomic E-state index is 8.64. The van der Waals surface area contributed by atoms with Gasteiger partial charge in [-0.1, -0.05) is 0 Å². The van der Waals surface area contributed by atoms with Gasteiger partial charge >= 0.3 is 0 Å². The van der Waals surface area contributed by atoms with Crippen LogP contribution in [-0.2, 0) is 4.74 Å². The molecule has 4 aliphatic rings. The van der Waals surface area contributed by atoms with Gasteiger partial charge in [-0.15, -0.1) is 0 Å². The van der Waals surface area contributed by atoms with Crippen molar-refractivity contribution in [3.8, 4) is 6.07 Å². The van der Waals surface area contributed by atoms with E-state index in [1.54, 1.807) is 0 Å². The van der Waals surface area contributed by atoms with Crippen LogP contribution in [0.25, 0.3) is 0 Å². The molecule has 3 nitrogen and oxygen atoms in total. The molecule has 0 aliphatic heterocycles. The lowest BCUT2D eigenvalue weighted by atomic mass is 9.55.